The van der Waals surface area contributed by atoms with Crippen molar-refractivity contribution in [2.45, 2.75) is 27.2 Å². The molecule has 0 radical (unpaired) electrons. The minimum Gasteiger partial charge on any atom is -0.466 e. The van der Waals surface area contributed by atoms with Gasteiger partial charge in [-0.25, -0.2) is 9.59 Å². The third-order valence-corrected chi connectivity index (χ3v) is 4.91. The lowest BCUT2D eigenvalue weighted by molar-refractivity contribution is -0.137. The highest BCUT2D eigenvalue weighted by atomic mass is 35.5. The lowest BCUT2D eigenvalue weighted by Gasteiger charge is -2.28. The van der Waals surface area contributed by atoms with Gasteiger partial charge in [-0.2, -0.15) is 0 Å². The molecule has 1 aromatic carbocycles. The Balaban J connectivity index is 2.57. The number of nitrogens with one attached hydrogen (secondary N) is 1. The normalized spacial score (nSPS) is 15.6. The lowest BCUT2D eigenvalue weighted by atomic mass is 9.84. The number of benzene rings is 1. The number of hydrogen-bond donors (Lipinski definition) is 1. The van der Waals surface area contributed by atoms with E-state index in [0.29, 0.717) is 27.6 Å². The lowest BCUT2D eigenvalue weighted by Crippen LogP contribution is -2.32. The summed E-state index contributed by atoms with van der Waals surface area (Å²) in [5.74, 6) is -1.73. The fraction of sp³-hybridized carbons (Fsp3) is 0.333. The van der Waals surface area contributed by atoms with Crippen molar-refractivity contribution in [3.63, 3.8) is 0 Å². The Hall–Kier alpha value is -2.53. The van der Waals surface area contributed by atoms with Gasteiger partial charge in [-0.3, -0.25) is 0 Å². The van der Waals surface area contributed by atoms with Crippen LogP contribution in [0.4, 0.5) is 0 Å². The van der Waals surface area contributed by atoms with Crippen LogP contribution >= 0.6 is 11.6 Å². The standard InChI is InChI=1S/C21H24ClNO4/c1-6-14-7-9-15(10-8-14)17(22)11-16-18(20(24)26-4)12(2)23-13(3)19(16)21(25)27-5/h7-11,16,23H,6H2,1-5H3/b17-11-. The third kappa shape index (κ3) is 4.42. The molecule has 27 heavy (non-hydrogen) atoms. The van der Waals surface area contributed by atoms with Gasteiger partial charge in [-0.15, -0.1) is 0 Å². The molecular weight excluding hydrogens is 366 g/mol. The summed E-state index contributed by atoms with van der Waals surface area (Å²) in [6.45, 7) is 5.59. The first-order chi connectivity index (χ1) is 12.8. The molecule has 0 saturated carbocycles. The summed E-state index contributed by atoms with van der Waals surface area (Å²) < 4.78 is 9.84. The summed E-state index contributed by atoms with van der Waals surface area (Å²) in [4.78, 5) is 24.8. The smallest absolute Gasteiger partial charge is 0.336 e. The summed E-state index contributed by atoms with van der Waals surface area (Å²) in [5.41, 5.74) is 3.87. The van der Waals surface area contributed by atoms with Crippen molar-refractivity contribution in [3.8, 4) is 0 Å². The number of carbonyl (C=O) groups excluding carboxylic acids is 2. The van der Waals surface area contributed by atoms with Gasteiger partial charge in [0.1, 0.15) is 0 Å². The molecule has 1 N–H and O–H groups in total. The number of halogens is 1. The Morgan fingerprint density at radius 3 is 1.93 bits per heavy atom. The van der Waals surface area contributed by atoms with Gasteiger partial charge in [0.05, 0.1) is 25.4 Å². The molecule has 5 nitrogen and oxygen atoms in total. The fourth-order valence-corrected chi connectivity index (χ4v) is 3.37. The first-order valence-electron chi connectivity index (χ1n) is 8.65. The molecule has 144 valence electrons. The van der Waals surface area contributed by atoms with Crippen molar-refractivity contribution >= 4 is 28.6 Å². The molecule has 0 aliphatic carbocycles. The number of esters is 2. The van der Waals surface area contributed by atoms with Crippen LogP contribution in [0.3, 0.4) is 0 Å². The minimum atomic E-state index is -0.676. The fourth-order valence-electron chi connectivity index (χ4n) is 3.12. The molecule has 0 aromatic heterocycles. The Morgan fingerprint density at radius 2 is 1.52 bits per heavy atom. The molecule has 0 spiro atoms. The summed E-state index contributed by atoms with van der Waals surface area (Å²) in [6, 6.07) is 7.83. The highest BCUT2D eigenvalue weighted by Gasteiger charge is 2.35. The highest BCUT2D eigenvalue weighted by Crippen LogP contribution is 2.35. The number of ether oxygens (including phenoxy) is 2. The van der Waals surface area contributed by atoms with Crippen LogP contribution in [-0.4, -0.2) is 26.2 Å². The van der Waals surface area contributed by atoms with Crippen molar-refractivity contribution in [2.75, 3.05) is 14.2 Å². The molecule has 1 aliphatic heterocycles. The Kier molecular flexibility index (Phi) is 6.86. The van der Waals surface area contributed by atoms with Gasteiger partial charge in [0.25, 0.3) is 0 Å². The zero-order valence-electron chi connectivity index (χ0n) is 16.2. The van der Waals surface area contributed by atoms with E-state index in [4.69, 9.17) is 21.1 Å². The molecule has 0 amide bonds. The van der Waals surface area contributed by atoms with Crippen LogP contribution < -0.4 is 5.32 Å². The second kappa shape index (κ2) is 8.91. The van der Waals surface area contributed by atoms with E-state index in [1.54, 1.807) is 19.9 Å². The van der Waals surface area contributed by atoms with E-state index in [2.05, 4.69) is 12.2 Å². The minimum absolute atomic E-state index is 0.326. The number of allylic oxidation sites excluding steroid dienone is 3. The van der Waals surface area contributed by atoms with E-state index in [1.165, 1.54) is 19.8 Å². The molecule has 2 rings (SSSR count). The predicted molar refractivity (Wildman–Crippen MR) is 106 cm³/mol. The molecule has 0 saturated heterocycles. The van der Waals surface area contributed by atoms with Gasteiger partial charge in [-0.05, 0) is 31.4 Å². The molecule has 1 aromatic rings. The number of carbonyl (C=O) groups is 2. The molecule has 0 atom stereocenters. The number of hydrogen-bond acceptors (Lipinski definition) is 5. The number of rotatable bonds is 5. The molecule has 0 unspecified atom stereocenters. The van der Waals surface area contributed by atoms with Gasteiger partial charge in [0.15, 0.2) is 0 Å². The Bertz CT molecular complexity index is 796. The van der Waals surface area contributed by atoms with Crippen LogP contribution in [0.25, 0.3) is 5.03 Å². The van der Waals surface area contributed by atoms with Crippen molar-refractivity contribution in [3.05, 3.63) is 64.0 Å². The molecule has 1 heterocycles. The molecular formula is C21H24ClNO4. The summed E-state index contributed by atoms with van der Waals surface area (Å²) in [5, 5.41) is 3.49. The summed E-state index contributed by atoms with van der Waals surface area (Å²) in [7, 11) is 2.61. The van der Waals surface area contributed by atoms with Crippen molar-refractivity contribution in [1.82, 2.24) is 5.32 Å². The van der Waals surface area contributed by atoms with E-state index in [0.717, 1.165) is 12.0 Å². The Labute approximate surface area is 164 Å². The largest absolute Gasteiger partial charge is 0.466 e. The van der Waals surface area contributed by atoms with Crippen LogP contribution in [0, 0.1) is 5.92 Å². The third-order valence-electron chi connectivity index (χ3n) is 4.57. The topological polar surface area (TPSA) is 64.6 Å². The van der Waals surface area contributed by atoms with E-state index >= 15 is 0 Å². The number of methoxy groups -OCH3 is 2. The Morgan fingerprint density at radius 1 is 1.04 bits per heavy atom. The summed E-state index contributed by atoms with van der Waals surface area (Å²) >= 11 is 6.55. The van der Waals surface area contributed by atoms with Crippen LogP contribution in [0.5, 0.6) is 0 Å². The maximum atomic E-state index is 12.4. The van der Waals surface area contributed by atoms with Crippen molar-refractivity contribution in [1.29, 1.82) is 0 Å². The van der Waals surface area contributed by atoms with Gasteiger partial charge in [-0.1, -0.05) is 48.9 Å². The highest BCUT2D eigenvalue weighted by molar-refractivity contribution is 6.48. The SMILES string of the molecule is CCc1ccc(/C(Cl)=C/C2C(C(=O)OC)=C(C)NC(C)=C2C(=O)OC)cc1. The molecule has 0 fully saturated rings. The average Bonchev–Trinajstić information content (AvgIpc) is 2.66. The number of dihydropyridines is 1. The molecule has 0 bridgehead atoms. The van der Waals surface area contributed by atoms with E-state index in [1.807, 2.05) is 24.3 Å². The van der Waals surface area contributed by atoms with Crippen LogP contribution in [0.1, 0.15) is 31.9 Å². The molecule has 1 aliphatic rings. The quantitative estimate of drug-likeness (QED) is 0.772. The monoisotopic (exact) mass is 389 g/mol. The van der Waals surface area contributed by atoms with E-state index in [9.17, 15) is 9.59 Å². The first-order valence-corrected chi connectivity index (χ1v) is 9.03. The molecule has 6 heteroatoms. The van der Waals surface area contributed by atoms with Gasteiger partial charge >= 0.3 is 11.9 Å². The second-order valence-electron chi connectivity index (χ2n) is 6.23. The maximum absolute atomic E-state index is 12.4. The van der Waals surface area contributed by atoms with Crippen LogP contribution in [-0.2, 0) is 25.5 Å². The van der Waals surface area contributed by atoms with E-state index in [-0.39, 0.29) is 0 Å². The first kappa shape index (κ1) is 20.8. The zero-order chi connectivity index (χ0) is 20.1. The van der Waals surface area contributed by atoms with Crippen molar-refractivity contribution in [2.24, 2.45) is 5.92 Å². The number of aryl methyl sites for hydroxylation is 1. The van der Waals surface area contributed by atoms with Crippen LogP contribution in [0.2, 0.25) is 0 Å². The average molecular weight is 390 g/mol. The van der Waals surface area contributed by atoms with Crippen LogP contribution in [0.15, 0.2) is 52.9 Å². The zero-order valence-corrected chi connectivity index (χ0v) is 16.9. The van der Waals surface area contributed by atoms with Gasteiger partial charge in [0, 0.05) is 22.3 Å². The summed E-state index contributed by atoms with van der Waals surface area (Å²) in [6.07, 6.45) is 2.62. The second-order valence-corrected chi connectivity index (χ2v) is 6.64. The van der Waals surface area contributed by atoms with Gasteiger partial charge in [0.2, 0.25) is 0 Å². The maximum Gasteiger partial charge on any atom is 0.336 e. The predicted octanol–water partition coefficient (Wildman–Crippen LogP) is 3.94. The van der Waals surface area contributed by atoms with Gasteiger partial charge < -0.3 is 14.8 Å². The van der Waals surface area contributed by atoms with Crippen molar-refractivity contribution < 1.29 is 19.1 Å². The van der Waals surface area contributed by atoms with E-state index < -0.39 is 17.9 Å².